The molecule has 3 aromatic rings. The van der Waals surface area contributed by atoms with E-state index in [0.29, 0.717) is 12.2 Å². The molecule has 0 bridgehead atoms. The lowest BCUT2D eigenvalue weighted by molar-refractivity contribution is -0.141. The van der Waals surface area contributed by atoms with Crippen molar-refractivity contribution >= 4 is 45.2 Å². The van der Waals surface area contributed by atoms with Gasteiger partial charge in [0.05, 0.1) is 19.6 Å². The van der Waals surface area contributed by atoms with Crippen molar-refractivity contribution in [2.45, 2.75) is 37.8 Å². The molecule has 8 heteroatoms. The van der Waals surface area contributed by atoms with Crippen LogP contribution in [-0.2, 0) is 14.3 Å². The summed E-state index contributed by atoms with van der Waals surface area (Å²) in [5.74, 6) is 0.116. The Kier molecular flexibility index (Phi) is 7.22. The number of rotatable bonds is 8. The lowest BCUT2D eigenvalue weighted by Crippen LogP contribution is -2.30. The Labute approximate surface area is 178 Å². The minimum Gasteiger partial charge on any atom is -0.469 e. The number of carbonyl (C=O) groups is 2. The normalized spacial score (nSPS) is 12.0. The van der Waals surface area contributed by atoms with Crippen LogP contribution in [0.15, 0.2) is 41.7 Å². The number of aryl methyl sites for hydroxylation is 2. The van der Waals surface area contributed by atoms with Gasteiger partial charge in [-0.15, -0.1) is 23.1 Å². The number of nitrogens with zero attached hydrogens (tertiary/aromatic N) is 2. The fraction of sp³-hybridized carbons (Fsp3) is 0.333. The fourth-order valence-electron chi connectivity index (χ4n) is 2.95. The van der Waals surface area contributed by atoms with Gasteiger partial charge in [0.2, 0.25) is 5.91 Å². The molecule has 0 spiro atoms. The van der Waals surface area contributed by atoms with Gasteiger partial charge >= 0.3 is 5.97 Å². The highest BCUT2D eigenvalue weighted by Crippen LogP contribution is 2.34. The molecule has 0 unspecified atom stereocenters. The van der Waals surface area contributed by atoms with Gasteiger partial charge in [0.25, 0.3) is 0 Å². The number of methoxy groups -OCH3 is 1. The number of hydrogen-bond acceptors (Lipinski definition) is 7. The van der Waals surface area contributed by atoms with Crippen molar-refractivity contribution in [1.82, 2.24) is 15.3 Å². The van der Waals surface area contributed by atoms with E-state index in [1.54, 1.807) is 29.4 Å². The summed E-state index contributed by atoms with van der Waals surface area (Å²) in [5.41, 5.74) is 2.07. The lowest BCUT2D eigenvalue weighted by atomic mass is 10.0. The average Bonchev–Trinajstić information content (AvgIpc) is 3.02. The quantitative estimate of drug-likeness (QED) is 0.328. The number of amides is 1. The van der Waals surface area contributed by atoms with E-state index < -0.39 is 6.04 Å². The second-order valence-electron chi connectivity index (χ2n) is 6.55. The van der Waals surface area contributed by atoms with Crippen LogP contribution in [0.5, 0.6) is 0 Å². The summed E-state index contributed by atoms with van der Waals surface area (Å²) < 4.78 is 4.77. The molecule has 0 aliphatic rings. The average molecular weight is 430 g/mol. The first-order chi connectivity index (χ1) is 14.0. The monoisotopic (exact) mass is 429 g/mol. The van der Waals surface area contributed by atoms with Gasteiger partial charge in [0.15, 0.2) is 0 Å². The zero-order valence-corrected chi connectivity index (χ0v) is 18.2. The van der Waals surface area contributed by atoms with Gasteiger partial charge in [-0.3, -0.25) is 9.59 Å². The smallest absolute Gasteiger partial charge is 0.307 e. The van der Waals surface area contributed by atoms with E-state index >= 15 is 0 Å². The molecule has 29 heavy (non-hydrogen) atoms. The summed E-state index contributed by atoms with van der Waals surface area (Å²) >= 11 is 3.21. The van der Waals surface area contributed by atoms with E-state index in [1.165, 1.54) is 17.6 Å². The second-order valence-corrected chi connectivity index (χ2v) is 8.84. The zero-order chi connectivity index (χ0) is 20.8. The highest BCUT2D eigenvalue weighted by atomic mass is 32.2. The fourth-order valence-corrected chi connectivity index (χ4v) is 5.01. The Balaban J connectivity index is 1.62. The van der Waals surface area contributed by atoms with Crippen LogP contribution in [-0.4, -0.2) is 34.7 Å². The molecule has 152 valence electrons. The Morgan fingerprint density at radius 2 is 1.97 bits per heavy atom. The summed E-state index contributed by atoms with van der Waals surface area (Å²) in [4.78, 5) is 35.2. The predicted octanol–water partition coefficient (Wildman–Crippen LogP) is 4.21. The first-order valence-electron chi connectivity index (χ1n) is 9.24. The van der Waals surface area contributed by atoms with Crippen LogP contribution >= 0.6 is 23.1 Å². The van der Waals surface area contributed by atoms with E-state index in [2.05, 4.69) is 29.1 Å². The Morgan fingerprint density at radius 3 is 2.69 bits per heavy atom. The number of ether oxygens (including phenoxy) is 1. The molecule has 1 N–H and O–H groups in total. The SMILES string of the molecule is COC(=O)C[C@H](NC(=O)CCSc1ncnc2sc(C)c(C)c12)c1ccccc1. The largest absolute Gasteiger partial charge is 0.469 e. The number of thioether (sulfide) groups is 1. The molecule has 1 amide bonds. The van der Waals surface area contributed by atoms with Crippen LogP contribution in [0, 0.1) is 13.8 Å². The molecule has 2 aromatic heterocycles. The lowest BCUT2D eigenvalue weighted by Gasteiger charge is -2.18. The van der Waals surface area contributed by atoms with Crippen LogP contribution in [0.3, 0.4) is 0 Å². The molecule has 0 aliphatic carbocycles. The van der Waals surface area contributed by atoms with Crippen LogP contribution in [0.25, 0.3) is 10.2 Å². The molecule has 2 heterocycles. The van der Waals surface area contributed by atoms with Crippen molar-refractivity contribution in [2.75, 3.05) is 12.9 Å². The van der Waals surface area contributed by atoms with Gasteiger partial charge in [0, 0.05) is 22.4 Å². The van der Waals surface area contributed by atoms with Crippen molar-refractivity contribution < 1.29 is 14.3 Å². The number of aromatic nitrogens is 2. The molecule has 1 atom stereocenters. The minimum absolute atomic E-state index is 0.0965. The Hall–Kier alpha value is -2.45. The number of carbonyl (C=O) groups excluding carboxylic acids is 2. The molecule has 3 rings (SSSR count). The standard InChI is InChI=1S/C21H23N3O3S2/c1-13-14(2)29-21-19(13)20(22-12-23-21)28-10-9-17(25)24-16(11-18(26)27-3)15-7-5-4-6-8-15/h4-8,12,16H,9-11H2,1-3H3,(H,24,25)/t16-/m0/s1. The molecule has 0 saturated carbocycles. The van der Waals surface area contributed by atoms with Crippen molar-refractivity contribution in [1.29, 1.82) is 0 Å². The Bertz CT molecular complexity index is 1010. The molecule has 6 nitrogen and oxygen atoms in total. The highest BCUT2D eigenvalue weighted by molar-refractivity contribution is 7.99. The van der Waals surface area contributed by atoms with Crippen molar-refractivity contribution in [3.8, 4) is 0 Å². The third kappa shape index (κ3) is 5.33. The first-order valence-corrected chi connectivity index (χ1v) is 11.0. The molecule has 0 saturated heterocycles. The van der Waals surface area contributed by atoms with Gasteiger partial charge in [-0.1, -0.05) is 30.3 Å². The van der Waals surface area contributed by atoms with Crippen LogP contribution in [0.1, 0.15) is 34.9 Å². The molecule has 0 aliphatic heterocycles. The maximum Gasteiger partial charge on any atom is 0.307 e. The van der Waals surface area contributed by atoms with Crippen molar-refractivity contribution in [3.05, 3.63) is 52.7 Å². The summed E-state index contributed by atoms with van der Waals surface area (Å²) in [5, 5.41) is 4.93. The van der Waals surface area contributed by atoms with E-state index in [-0.39, 0.29) is 18.3 Å². The maximum absolute atomic E-state index is 12.5. The third-order valence-corrected chi connectivity index (χ3v) is 6.74. The second kappa shape index (κ2) is 9.84. The number of nitrogens with one attached hydrogen (secondary N) is 1. The molecular weight excluding hydrogens is 406 g/mol. The van der Waals surface area contributed by atoms with Crippen molar-refractivity contribution in [2.24, 2.45) is 0 Å². The number of fused-ring (bicyclic) bond motifs is 1. The Morgan fingerprint density at radius 1 is 1.21 bits per heavy atom. The summed E-state index contributed by atoms with van der Waals surface area (Å²) in [7, 11) is 1.35. The van der Waals surface area contributed by atoms with Gasteiger partial charge < -0.3 is 10.1 Å². The predicted molar refractivity (Wildman–Crippen MR) is 116 cm³/mol. The van der Waals surface area contributed by atoms with Gasteiger partial charge in [-0.25, -0.2) is 9.97 Å². The maximum atomic E-state index is 12.5. The topological polar surface area (TPSA) is 81.2 Å². The minimum atomic E-state index is -0.409. The first kappa shape index (κ1) is 21.3. The summed E-state index contributed by atoms with van der Waals surface area (Å²) in [6.45, 7) is 4.15. The van der Waals surface area contributed by atoms with E-state index in [9.17, 15) is 9.59 Å². The number of benzene rings is 1. The molecular formula is C21H23N3O3S2. The number of hydrogen-bond donors (Lipinski definition) is 1. The molecule has 0 fully saturated rings. The molecule has 1 aromatic carbocycles. The van der Waals surface area contributed by atoms with Gasteiger partial charge in [0.1, 0.15) is 16.2 Å². The number of esters is 1. The van der Waals surface area contributed by atoms with E-state index in [4.69, 9.17) is 4.74 Å². The molecule has 0 radical (unpaired) electrons. The van der Waals surface area contributed by atoms with Crippen LogP contribution < -0.4 is 5.32 Å². The van der Waals surface area contributed by atoms with Gasteiger partial charge in [-0.2, -0.15) is 0 Å². The highest BCUT2D eigenvalue weighted by Gasteiger charge is 2.19. The van der Waals surface area contributed by atoms with Crippen LogP contribution in [0.4, 0.5) is 0 Å². The summed E-state index contributed by atoms with van der Waals surface area (Å²) in [6.07, 6.45) is 1.99. The zero-order valence-electron chi connectivity index (χ0n) is 16.6. The third-order valence-electron chi connectivity index (χ3n) is 4.63. The summed E-state index contributed by atoms with van der Waals surface area (Å²) in [6, 6.07) is 9.03. The van der Waals surface area contributed by atoms with Crippen molar-refractivity contribution in [3.63, 3.8) is 0 Å². The van der Waals surface area contributed by atoms with E-state index in [0.717, 1.165) is 20.8 Å². The number of thiophene rings is 1. The van der Waals surface area contributed by atoms with Gasteiger partial charge in [-0.05, 0) is 25.0 Å². The van der Waals surface area contributed by atoms with Crippen LogP contribution in [0.2, 0.25) is 0 Å². The van der Waals surface area contributed by atoms with E-state index in [1.807, 2.05) is 30.3 Å².